The third-order valence-electron chi connectivity index (χ3n) is 4.76. The van der Waals surface area contributed by atoms with Crippen molar-refractivity contribution in [2.75, 3.05) is 0 Å². The zero-order valence-electron chi connectivity index (χ0n) is 14.1. The predicted molar refractivity (Wildman–Crippen MR) is 94.5 cm³/mol. The van der Waals surface area contributed by atoms with Gasteiger partial charge in [0.05, 0.1) is 6.04 Å². The summed E-state index contributed by atoms with van der Waals surface area (Å²) >= 11 is 0. The van der Waals surface area contributed by atoms with Gasteiger partial charge in [0.25, 0.3) is 0 Å². The number of hydrogen-bond donors (Lipinski definition) is 1. The van der Waals surface area contributed by atoms with Crippen LogP contribution < -0.4 is 5.32 Å². The van der Waals surface area contributed by atoms with E-state index in [-0.39, 0.29) is 11.9 Å². The maximum absolute atomic E-state index is 12.2. The number of fused-ring (bicyclic) bond motifs is 1. The summed E-state index contributed by atoms with van der Waals surface area (Å²) in [4.78, 5) is 12.2. The summed E-state index contributed by atoms with van der Waals surface area (Å²) in [6, 6.07) is 15.1. The maximum Gasteiger partial charge on any atom is 0.220 e. The Labute approximate surface area is 138 Å². The lowest BCUT2D eigenvalue weighted by Gasteiger charge is -2.15. The first-order valence-electron chi connectivity index (χ1n) is 8.58. The first kappa shape index (κ1) is 15.8. The predicted octanol–water partition coefficient (Wildman–Crippen LogP) is 4.29. The highest BCUT2D eigenvalue weighted by Gasteiger charge is 2.14. The van der Waals surface area contributed by atoms with E-state index in [0.717, 1.165) is 6.42 Å². The molecule has 0 heterocycles. The van der Waals surface area contributed by atoms with Crippen LogP contribution in [0.3, 0.4) is 0 Å². The fourth-order valence-corrected chi connectivity index (χ4v) is 3.27. The lowest BCUT2D eigenvalue weighted by atomic mass is 10.0. The van der Waals surface area contributed by atoms with E-state index in [4.69, 9.17) is 0 Å². The highest BCUT2D eigenvalue weighted by Crippen LogP contribution is 2.25. The Balaban J connectivity index is 1.54. The summed E-state index contributed by atoms with van der Waals surface area (Å²) in [6.07, 6.45) is 4.97. The van der Waals surface area contributed by atoms with Gasteiger partial charge in [0.2, 0.25) is 5.91 Å². The SMILES string of the molecule is Cc1ccc(CCC(=O)N[C@H](C)c2ccc3c(c2)CCC3)cc1. The standard InChI is InChI=1S/C21H25NO/c1-15-6-8-17(9-7-15)10-13-21(23)22-16(2)19-12-11-18-4-3-5-20(18)14-19/h6-9,11-12,14,16H,3-5,10,13H2,1-2H3,(H,22,23)/t16-/m1/s1. The molecule has 1 amide bonds. The monoisotopic (exact) mass is 307 g/mol. The second-order valence-electron chi connectivity index (χ2n) is 6.66. The van der Waals surface area contributed by atoms with Gasteiger partial charge in [-0.3, -0.25) is 4.79 Å². The second kappa shape index (κ2) is 6.99. The number of nitrogens with one attached hydrogen (secondary N) is 1. The van der Waals surface area contributed by atoms with Crippen molar-refractivity contribution in [3.8, 4) is 0 Å². The van der Waals surface area contributed by atoms with Crippen molar-refractivity contribution in [2.24, 2.45) is 0 Å². The zero-order chi connectivity index (χ0) is 16.2. The van der Waals surface area contributed by atoms with Crippen LogP contribution in [0.2, 0.25) is 0 Å². The number of amides is 1. The molecule has 1 aliphatic rings. The molecule has 0 unspecified atom stereocenters. The molecule has 0 saturated carbocycles. The summed E-state index contributed by atoms with van der Waals surface area (Å²) in [5.41, 5.74) is 6.63. The van der Waals surface area contributed by atoms with Gasteiger partial charge >= 0.3 is 0 Å². The Bertz CT molecular complexity index is 687. The van der Waals surface area contributed by atoms with E-state index in [1.807, 2.05) is 0 Å². The van der Waals surface area contributed by atoms with Crippen LogP contribution in [0.5, 0.6) is 0 Å². The topological polar surface area (TPSA) is 29.1 Å². The van der Waals surface area contributed by atoms with Crippen LogP contribution in [0.25, 0.3) is 0 Å². The summed E-state index contributed by atoms with van der Waals surface area (Å²) in [5.74, 6) is 0.124. The van der Waals surface area contributed by atoms with E-state index in [0.29, 0.717) is 6.42 Å². The summed E-state index contributed by atoms with van der Waals surface area (Å²) in [5, 5.41) is 3.13. The molecule has 0 saturated heterocycles. The molecule has 0 aromatic heterocycles. The van der Waals surface area contributed by atoms with Gasteiger partial charge in [-0.2, -0.15) is 0 Å². The van der Waals surface area contributed by atoms with Crippen molar-refractivity contribution in [2.45, 2.75) is 52.0 Å². The van der Waals surface area contributed by atoms with Gasteiger partial charge in [-0.15, -0.1) is 0 Å². The molecule has 1 aliphatic carbocycles. The van der Waals surface area contributed by atoms with Gasteiger partial charge in [0.1, 0.15) is 0 Å². The van der Waals surface area contributed by atoms with Crippen molar-refractivity contribution >= 4 is 5.91 Å². The quantitative estimate of drug-likeness (QED) is 0.877. The Kier molecular flexibility index (Phi) is 4.80. The number of hydrogen-bond acceptors (Lipinski definition) is 1. The molecule has 120 valence electrons. The first-order chi connectivity index (χ1) is 11.1. The molecule has 3 rings (SSSR count). The largest absolute Gasteiger partial charge is 0.350 e. The molecule has 0 spiro atoms. The van der Waals surface area contributed by atoms with E-state index >= 15 is 0 Å². The van der Waals surface area contributed by atoms with Crippen LogP contribution in [0.4, 0.5) is 0 Å². The lowest BCUT2D eigenvalue weighted by molar-refractivity contribution is -0.121. The molecule has 2 aromatic rings. The average molecular weight is 307 g/mol. The van der Waals surface area contributed by atoms with Crippen molar-refractivity contribution in [3.05, 3.63) is 70.3 Å². The van der Waals surface area contributed by atoms with Gasteiger partial charge in [0, 0.05) is 6.42 Å². The maximum atomic E-state index is 12.2. The normalized spacial score (nSPS) is 14.3. The van der Waals surface area contributed by atoms with Crippen LogP contribution in [-0.2, 0) is 24.1 Å². The minimum Gasteiger partial charge on any atom is -0.350 e. The Hall–Kier alpha value is -2.09. The molecular formula is C21H25NO. The van der Waals surface area contributed by atoms with Crippen LogP contribution in [-0.4, -0.2) is 5.91 Å². The van der Waals surface area contributed by atoms with Gasteiger partial charge in [-0.1, -0.05) is 48.0 Å². The van der Waals surface area contributed by atoms with Gasteiger partial charge < -0.3 is 5.32 Å². The number of aryl methyl sites for hydroxylation is 4. The van der Waals surface area contributed by atoms with E-state index in [2.05, 4.69) is 61.6 Å². The molecule has 2 aromatic carbocycles. The van der Waals surface area contributed by atoms with E-state index < -0.39 is 0 Å². The van der Waals surface area contributed by atoms with E-state index in [9.17, 15) is 4.79 Å². The van der Waals surface area contributed by atoms with Crippen LogP contribution in [0.1, 0.15) is 53.6 Å². The molecule has 0 fully saturated rings. The van der Waals surface area contributed by atoms with Gasteiger partial charge in [-0.05, 0) is 61.8 Å². The average Bonchev–Trinajstić information content (AvgIpc) is 3.02. The van der Waals surface area contributed by atoms with Crippen LogP contribution >= 0.6 is 0 Å². The molecule has 23 heavy (non-hydrogen) atoms. The van der Waals surface area contributed by atoms with Crippen molar-refractivity contribution in [1.29, 1.82) is 0 Å². The third-order valence-corrected chi connectivity index (χ3v) is 4.76. The molecular weight excluding hydrogens is 282 g/mol. The van der Waals surface area contributed by atoms with Crippen molar-refractivity contribution in [1.82, 2.24) is 5.32 Å². The Morgan fingerprint density at radius 1 is 1.09 bits per heavy atom. The fourth-order valence-electron chi connectivity index (χ4n) is 3.27. The van der Waals surface area contributed by atoms with Crippen molar-refractivity contribution < 1.29 is 4.79 Å². The van der Waals surface area contributed by atoms with Crippen LogP contribution in [0, 0.1) is 6.92 Å². The van der Waals surface area contributed by atoms with Crippen LogP contribution in [0.15, 0.2) is 42.5 Å². The summed E-state index contributed by atoms with van der Waals surface area (Å²) in [7, 11) is 0. The molecule has 0 radical (unpaired) electrons. The molecule has 1 N–H and O–H groups in total. The molecule has 1 atom stereocenters. The summed E-state index contributed by atoms with van der Waals surface area (Å²) < 4.78 is 0. The minimum atomic E-state index is 0.0754. The second-order valence-corrected chi connectivity index (χ2v) is 6.66. The lowest BCUT2D eigenvalue weighted by Crippen LogP contribution is -2.26. The number of carbonyl (C=O) groups is 1. The zero-order valence-corrected chi connectivity index (χ0v) is 14.1. The van der Waals surface area contributed by atoms with E-state index in [1.165, 1.54) is 47.1 Å². The molecule has 2 nitrogen and oxygen atoms in total. The molecule has 2 heteroatoms. The smallest absolute Gasteiger partial charge is 0.220 e. The number of rotatable bonds is 5. The van der Waals surface area contributed by atoms with Gasteiger partial charge in [-0.25, -0.2) is 0 Å². The third kappa shape index (κ3) is 4.01. The molecule has 0 aliphatic heterocycles. The minimum absolute atomic E-state index is 0.0754. The Morgan fingerprint density at radius 3 is 2.61 bits per heavy atom. The number of benzene rings is 2. The highest BCUT2D eigenvalue weighted by molar-refractivity contribution is 5.76. The van der Waals surface area contributed by atoms with Crippen molar-refractivity contribution in [3.63, 3.8) is 0 Å². The van der Waals surface area contributed by atoms with E-state index in [1.54, 1.807) is 0 Å². The fraction of sp³-hybridized carbons (Fsp3) is 0.381. The summed E-state index contributed by atoms with van der Waals surface area (Å²) in [6.45, 7) is 4.15. The molecule has 0 bridgehead atoms. The highest BCUT2D eigenvalue weighted by atomic mass is 16.1. The first-order valence-corrected chi connectivity index (χ1v) is 8.58. The van der Waals surface area contributed by atoms with Gasteiger partial charge in [0.15, 0.2) is 0 Å². The Morgan fingerprint density at radius 2 is 1.83 bits per heavy atom. The number of carbonyl (C=O) groups excluding carboxylic acids is 1.